The molecule has 0 spiro atoms. The van der Waals surface area contributed by atoms with Crippen molar-refractivity contribution in [2.24, 2.45) is 0 Å². The second-order valence-corrected chi connectivity index (χ2v) is 7.45. The van der Waals surface area contributed by atoms with Gasteiger partial charge in [0.25, 0.3) is 5.91 Å². The first-order chi connectivity index (χ1) is 12.1. The largest absolute Gasteiger partial charge is 0.490 e. The van der Waals surface area contributed by atoms with Gasteiger partial charge in [-0.15, -0.1) is 0 Å². The first kappa shape index (κ1) is 18.1. The highest BCUT2D eigenvalue weighted by molar-refractivity contribution is 9.10. The topological polar surface area (TPSA) is 60.5 Å². The fourth-order valence-corrected chi connectivity index (χ4v) is 3.65. The quantitative estimate of drug-likeness (QED) is 0.548. The zero-order chi connectivity index (χ0) is 17.8. The Balaban J connectivity index is 1.82. The standard InChI is InChI=1S/C17H14BrClN2O3S/c1-23-6-7-24-14-5-2-10(18)8-12(14)16(22)21-17-20-13-4-3-11(19)9-15(13)25-17/h2-5,8-9H,6-7H2,1H3,(H,20,21,22). The number of thiazole rings is 1. The van der Waals surface area contributed by atoms with Gasteiger partial charge in [-0.25, -0.2) is 4.98 Å². The fourth-order valence-electron chi connectivity index (χ4n) is 2.16. The minimum Gasteiger partial charge on any atom is -0.490 e. The molecule has 0 atom stereocenters. The van der Waals surface area contributed by atoms with Crippen molar-refractivity contribution in [3.8, 4) is 5.75 Å². The third kappa shape index (κ3) is 4.49. The van der Waals surface area contributed by atoms with Crippen LogP contribution in [0.25, 0.3) is 10.2 Å². The van der Waals surface area contributed by atoms with E-state index < -0.39 is 0 Å². The summed E-state index contributed by atoms with van der Waals surface area (Å²) in [7, 11) is 1.60. The number of amides is 1. The maximum atomic E-state index is 12.7. The maximum absolute atomic E-state index is 12.7. The predicted octanol–water partition coefficient (Wildman–Crippen LogP) is 4.99. The molecule has 25 heavy (non-hydrogen) atoms. The number of rotatable bonds is 6. The molecule has 0 fully saturated rings. The van der Waals surface area contributed by atoms with Gasteiger partial charge in [-0.1, -0.05) is 38.9 Å². The van der Waals surface area contributed by atoms with Gasteiger partial charge in [0.15, 0.2) is 5.13 Å². The normalized spacial score (nSPS) is 10.8. The van der Waals surface area contributed by atoms with Crippen molar-refractivity contribution < 1.29 is 14.3 Å². The summed E-state index contributed by atoms with van der Waals surface area (Å²) >= 11 is 10.7. The molecule has 5 nitrogen and oxygen atoms in total. The number of anilines is 1. The smallest absolute Gasteiger partial charge is 0.261 e. The second kappa shape index (κ2) is 8.14. The number of carbonyl (C=O) groups excluding carboxylic acids is 1. The molecule has 3 aromatic rings. The number of hydrogen-bond acceptors (Lipinski definition) is 5. The van der Waals surface area contributed by atoms with Gasteiger partial charge in [-0.3, -0.25) is 10.1 Å². The van der Waals surface area contributed by atoms with Crippen molar-refractivity contribution >= 4 is 60.1 Å². The number of fused-ring (bicyclic) bond motifs is 1. The van der Waals surface area contributed by atoms with Crippen LogP contribution in [0.1, 0.15) is 10.4 Å². The van der Waals surface area contributed by atoms with Gasteiger partial charge in [-0.05, 0) is 36.4 Å². The number of nitrogens with one attached hydrogen (secondary N) is 1. The first-order valence-electron chi connectivity index (χ1n) is 7.35. The molecule has 3 rings (SSSR count). The van der Waals surface area contributed by atoms with Crippen LogP contribution >= 0.6 is 38.9 Å². The molecule has 1 aromatic heterocycles. The average Bonchev–Trinajstić information content (AvgIpc) is 2.97. The van der Waals surface area contributed by atoms with Crippen LogP contribution in [0.15, 0.2) is 40.9 Å². The zero-order valence-corrected chi connectivity index (χ0v) is 16.4. The number of carbonyl (C=O) groups is 1. The van der Waals surface area contributed by atoms with Gasteiger partial charge in [0.1, 0.15) is 12.4 Å². The first-order valence-corrected chi connectivity index (χ1v) is 9.34. The molecule has 0 saturated carbocycles. The molecule has 1 amide bonds. The van der Waals surface area contributed by atoms with Crippen LogP contribution < -0.4 is 10.1 Å². The minimum atomic E-state index is -0.293. The summed E-state index contributed by atoms with van der Waals surface area (Å²) in [6.07, 6.45) is 0. The van der Waals surface area contributed by atoms with E-state index in [2.05, 4.69) is 26.2 Å². The fraction of sp³-hybridized carbons (Fsp3) is 0.176. The van der Waals surface area contributed by atoms with Crippen LogP contribution in [0.4, 0.5) is 5.13 Å². The van der Waals surface area contributed by atoms with Crippen molar-refractivity contribution in [2.45, 2.75) is 0 Å². The zero-order valence-electron chi connectivity index (χ0n) is 13.2. The van der Waals surface area contributed by atoms with Gasteiger partial charge in [0, 0.05) is 16.6 Å². The molecule has 0 unspecified atom stereocenters. The van der Waals surface area contributed by atoms with Crippen LogP contribution in [0.5, 0.6) is 5.75 Å². The molecule has 0 radical (unpaired) electrons. The summed E-state index contributed by atoms with van der Waals surface area (Å²) in [5.41, 5.74) is 1.21. The molecular formula is C17H14BrClN2O3S. The van der Waals surface area contributed by atoms with E-state index in [1.54, 1.807) is 25.3 Å². The molecule has 0 aliphatic rings. The highest BCUT2D eigenvalue weighted by atomic mass is 79.9. The molecule has 8 heteroatoms. The third-order valence-corrected chi connectivity index (χ3v) is 4.96. The van der Waals surface area contributed by atoms with Gasteiger partial charge in [0.2, 0.25) is 0 Å². The lowest BCUT2D eigenvalue weighted by molar-refractivity contribution is 0.101. The van der Waals surface area contributed by atoms with Crippen LogP contribution in [0, 0.1) is 0 Å². The summed E-state index contributed by atoms with van der Waals surface area (Å²) in [5.74, 6) is 0.195. The number of ether oxygens (including phenoxy) is 2. The highest BCUT2D eigenvalue weighted by Crippen LogP contribution is 2.30. The monoisotopic (exact) mass is 440 g/mol. The Hall–Kier alpha value is -1.67. The lowest BCUT2D eigenvalue weighted by Crippen LogP contribution is -2.14. The molecule has 2 aromatic carbocycles. The lowest BCUT2D eigenvalue weighted by Gasteiger charge is -2.11. The van der Waals surface area contributed by atoms with Gasteiger partial charge < -0.3 is 9.47 Å². The molecular weight excluding hydrogens is 428 g/mol. The number of benzene rings is 2. The third-order valence-electron chi connectivity index (χ3n) is 3.30. The Bertz CT molecular complexity index is 916. The molecule has 0 aliphatic heterocycles. The molecule has 0 bridgehead atoms. The lowest BCUT2D eigenvalue weighted by atomic mass is 10.2. The van der Waals surface area contributed by atoms with E-state index in [9.17, 15) is 4.79 Å². The summed E-state index contributed by atoms with van der Waals surface area (Å²) < 4.78 is 12.3. The maximum Gasteiger partial charge on any atom is 0.261 e. The van der Waals surface area contributed by atoms with Crippen molar-refractivity contribution in [3.05, 3.63) is 51.5 Å². The van der Waals surface area contributed by atoms with E-state index in [0.717, 1.165) is 14.7 Å². The van der Waals surface area contributed by atoms with Crippen LogP contribution in [0.2, 0.25) is 5.02 Å². The Morgan fingerprint density at radius 1 is 1.28 bits per heavy atom. The Kier molecular flexibility index (Phi) is 5.90. The molecule has 1 N–H and O–H groups in total. The van der Waals surface area contributed by atoms with Crippen molar-refractivity contribution in [1.82, 2.24) is 4.98 Å². The predicted molar refractivity (Wildman–Crippen MR) is 104 cm³/mol. The van der Waals surface area contributed by atoms with E-state index >= 15 is 0 Å². The van der Waals surface area contributed by atoms with Gasteiger partial charge in [-0.2, -0.15) is 0 Å². The number of aromatic nitrogens is 1. The second-order valence-electron chi connectivity index (χ2n) is 5.07. The number of nitrogens with zero attached hydrogens (tertiary/aromatic N) is 1. The van der Waals surface area contributed by atoms with E-state index in [0.29, 0.717) is 34.7 Å². The van der Waals surface area contributed by atoms with Crippen molar-refractivity contribution in [1.29, 1.82) is 0 Å². The van der Waals surface area contributed by atoms with Gasteiger partial charge in [0.05, 0.1) is 22.4 Å². The van der Waals surface area contributed by atoms with Crippen LogP contribution in [0.3, 0.4) is 0 Å². The number of halogens is 2. The summed E-state index contributed by atoms with van der Waals surface area (Å²) in [4.78, 5) is 17.1. The molecule has 0 saturated heterocycles. The average molecular weight is 442 g/mol. The summed E-state index contributed by atoms with van der Waals surface area (Å²) in [6, 6.07) is 10.7. The van der Waals surface area contributed by atoms with Crippen molar-refractivity contribution in [3.63, 3.8) is 0 Å². The Morgan fingerprint density at radius 2 is 2.12 bits per heavy atom. The number of hydrogen-bond donors (Lipinski definition) is 1. The minimum absolute atomic E-state index is 0.293. The van der Waals surface area contributed by atoms with Crippen LogP contribution in [-0.4, -0.2) is 31.2 Å². The summed E-state index contributed by atoms with van der Waals surface area (Å²) in [5, 5.41) is 3.96. The van der Waals surface area contributed by atoms with Crippen molar-refractivity contribution in [2.75, 3.05) is 25.6 Å². The highest BCUT2D eigenvalue weighted by Gasteiger charge is 2.16. The summed E-state index contributed by atoms with van der Waals surface area (Å²) in [6.45, 7) is 0.799. The van der Waals surface area contributed by atoms with E-state index in [1.807, 2.05) is 18.2 Å². The number of methoxy groups -OCH3 is 1. The molecule has 130 valence electrons. The molecule has 0 aliphatic carbocycles. The van der Waals surface area contributed by atoms with E-state index in [-0.39, 0.29) is 5.91 Å². The SMILES string of the molecule is COCCOc1ccc(Br)cc1C(=O)Nc1nc2ccc(Cl)cc2s1. The van der Waals surface area contributed by atoms with E-state index in [4.69, 9.17) is 21.1 Å². The van der Waals surface area contributed by atoms with Crippen LogP contribution in [-0.2, 0) is 4.74 Å². The van der Waals surface area contributed by atoms with Gasteiger partial charge >= 0.3 is 0 Å². The Morgan fingerprint density at radius 3 is 2.92 bits per heavy atom. The molecule has 1 heterocycles. The Labute approximate surface area is 162 Å². The van der Waals surface area contributed by atoms with E-state index in [1.165, 1.54) is 11.3 Å².